The molecule has 1 saturated heterocycles. The van der Waals surface area contributed by atoms with Crippen LogP contribution < -0.4 is 0 Å². The molecule has 1 heterocycles. The molecule has 1 rings (SSSR count). The molecule has 0 saturated carbocycles. The molecule has 0 aromatic heterocycles. The Morgan fingerprint density at radius 1 is 0.492 bits per heavy atom. The van der Waals surface area contributed by atoms with Gasteiger partial charge in [0.05, 0.1) is 6.61 Å². The largest absolute Gasteiger partial charge is 0.462 e. The molecule has 2 unspecified atom stereocenters. The van der Waals surface area contributed by atoms with Crippen molar-refractivity contribution in [2.75, 3.05) is 19.0 Å². The second kappa shape index (κ2) is 39.1. The zero-order chi connectivity index (χ0) is 44.8. The zero-order valence-electron chi connectivity index (χ0n) is 38.8. The SMILES string of the molecule is CCCCCCCCCCCCCCCCCCCCC(=O)O[C@H](COC(=O)CCCCCCCCCCCCCCCCC)CO[C@H]1O[C@H](CS(=O)(=O)O)[C@@H](O)C(O)C1O. The van der Waals surface area contributed by atoms with E-state index < -0.39 is 71.2 Å². The van der Waals surface area contributed by atoms with Gasteiger partial charge in [-0.15, -0.1) is 0 Å². The monoisotopic (exact) mass is 893 g/mol. The van der Waals surface area contributed by atoms with Gasteiger partial charge in [0.25, 0.3) is 10.1 Å². The van der Waals surface area contributed by atoms with E-state index in [9.17, 15) is 37.9 Å². The number of hydrogen-bond acceptors (Lipinski definition) is 11. The first kappa shape index (κ1) is 57.7. The highest BCUT2D eigenvalue weighted by molar-refractivity contribution is 7.85. The standard InChI is InChI=1S/C48H92O12S/c1-3-5-7-9-11-13-15-17-19-20-21-23-25-27-29-31-33-35-37-44(50)59-41(39-58-48-47(53)46(52)45(51)42(60-48)40-61(54,55)56)38-57-43(49)36-34-32-30-28-26-24-22-18-16-14-12-10-8-6-4-2/h41-42,45-48,51-53H,3-40H2,1-2H3,(H,54,55,56)/t41-,42-,45-,46?,47?,48+/m1/s1. The molecule has 1 fully saturated rings. The number of aliphatic hydroxyl groups excluding tert-OH is 3. The average Bonchev–Trinajstić information content (AvgIpc) is 3.22. The lowest BCUT2D eigenvalue weighted by Gasteiger charge is -2.40. The highest BCUT2D eigenvalue weighted by Crippen LogP contribution is 2.24. The molecule has 0 radical (unpaired) electrons. The minimum absolute atomic E-state index is 0.173. The van der Waals surface area contributed by atoms with Crippen LogP contribution in [0.1, 0.15) is 239 Å². The van der Waals surface area contributed by atoms with Gasteiger partial charge < -0.3 is 34.3 Å². The van der Waals surface area contributed by atoms with E-state index in [1.807, 2.05) is 0 Å². The van der Waals surface area contributed by atoms with Crippen LogP contribution in [0.3, 0.4) is 0 Å². The van der Waals surface area contributed by atoms with Gasteiger partial charge in [-0.1, -0.05) is 213 Å². The molecule has 0 amide bonds. The van der Waals surface area contributed by atoms with Crippen molar-refractivity contribution in [1.29, 1.82) is 0 Å². The summed E-state index contributed by atoms with van der Waals surface area (Å²) in [7, 11) is -4.60. The summed E-state index contributed by atoms with van der Waals surface area (Å²) in [6, 6.07) is 0. The Hall–Kier alpha value is -1.35. The van der Waals surface area contributed by atoms with Crippen LogP contribution in [-0.2, 0) is 38.7 Å². The van der Waals surface area contributed by atoms with Crippen molar-refractivity contribution in [2.24, 2.45) is 0 Å². The molecule has 0 spiro atoms. The number of ether oxygens (including phenoxy) is 4. The first-order chi connectivity index (χ1) is 29.5. The van der Waals surface area contributed by atoms with Crippen molar-refractivity contribution in [3.63, 3.8) is 0 Å². The number of rotatable bonds is 43. The molecule has 1 aliphatic rings. The van der Waals surface area contributed by atoms with Crippen molar-refractivity contribution in [3.8, 4) is 0 Å². The van der Waals surface area contributed by atoms with E-state index >= 15 is 0 Å². The first-order valence-corrected chi connectivity index (χ1v) is 26.7. The van der Waals surface area contributed by atoms with E-state index in [2.05, 4.69) is 13.8 Å². The van der Waals surface area contributed by atoms with Crippen LogP contribution in [0, 0.1) is 0 Å². The summed E-state index contributed by atoms with van der Waals surface area (Å²) in [6.45, 7) is 3.80. The van der Waals surface area contributed by atoms with Gasteiger partial charge in [0.2, 0.25) is 0 Å². The zero-order valence-corrected chi connectivity index (χ0v) is 39.6. The van der Waals surface area contributed by atoms with Crippen LogP contribution in [0.15, 0.2) is 0 Å². The number of aliphatic hydroxyl groups is 3. The van der Waals surface area contributed by atoms with Gasteiger partial charge in [-0.05, 0) is 12.8 Å². The summed E-state index contributed by atoms with van der Waals surface area (Å²) in [6.07, 6.45) is 31.4. The third-order valence-corrected chi connectivity index (χ3v) is 12.7. The number of hydrogen-bond donors (Lipinski definition) is 4. The van der Waals surface area contributed by atoms with Crippen LogP contribution in [0.25, 0.3) is 0 Å². The van der Waals surface area contributed by atoms with E-state index in [4.69, 9.17) is 18.9 Å². The van der Waals surface area contributed by atoms with Gasteiger partial charge in [0, 0.05) is 12.8 Å². The minimum atomic E-state index is -4.60. The highest BCUT2D eigenvalue weighted by Gasteiger charge is 2.46. The van der Waals surface area contributed by atoms with E-state index in [-0.39, 0.29) is 19.4 Å². The van der Waals surface area contributed by atoms with E-state index in [0.717, 1.165) is 38.5 Å². The number of carbonyl (C=O) groups is 2. The molecular weight excluding hydrogens is 801 g/mol. The molecule has 0 aromatic rings. The summed E-state index contributed by atoms with van der Waals surface area (Å²) in [5.41, 5.74) is 0. The predicted octanol–water partition coefficient (Wildman–Crippen LogP) is 10.8. The summed E-state index contributed by atoms with van der Waals surface area (Å²) in [4.78, 5) is 25.5. The van der Waals surface area contributed by atoms with Crippen molar-refractivity contribution in [2.45, 2.75) is 275 Å². The lowest BCUT2D eigenvalue weighted by molar-refractivity contribution is -0.297. The Morgan fingerprint density at radius 2 is 0.836 bits per heavy atom. The Labute approximate surface area is 372 Å². The molecule has 4 N–H and O–H groups in total. The molecule has 12 nitrogen and oxygen atoms in total. The van der Waals surface area contributed by atoms with Gasteiger partial charge in [-0.3, -0.25) is 14.1 Å². The van der Waals surface area contributed by atoms with E-state index in [1.54, 1.807) is 0 Å². The van der Waals surface area contributed by atoms with Crippen molar-refractivity contribution in [3.05, 3.63) is 0 Å². The van der Waals surface area contributed by atoms with Crippen LogP contribution in [0.4, 0.5) is 0 Å². The molecular formula is C48H92O12S. The van der Waals surface area contributed by atoms with Gasteiger partial charge in [0.15, 0.2) is 12.4 Å². The summed E-state index contributed by atoms with van der Waals surface area (Å²) >= 11 is 0. The summed E-state index contributed by atoms with van der Waals surface area (Å²) in [5, 5.41) is 30.9. The lowest BCUT2D eigenvalue weighted by atomic mass is 10.00. The van der Waals surface area contributed by atoms with Crippen LogP contribution in [-0.4, -0.2) is 96.0 Å². The number of esters is 2. The highest BCUT2D eigenvalue weighted by atomic mass is 32.2. The van der Waals surface area contributed by atoms with Crippen LogP contribution >= 0.6 is 0 Å². The van der Waals surface area contributed by atoms with Crippen LogP contribution in [0.2, 0.25) is 0 Å². The maximum atomic E-state index is 12.9. The molecule has 1 aliphatic heterocycles. The number of carbonyl (C=O) groups excluding carboxylic acids is 2. The maximum Gasteiger partial charge on any atom is 0.306 e. The van der Waals surface area contributed by atoms with Gasteiger partial charge >= 0.3 is 11.9 Å². The van der Waals surface area contributed by atoms with Gasteiger partial charge in [-0.25, -0.2) is 0 Å². The van der Waals surface area contributed by atoms with Gasteiger partial charge in [0.1, 0.15) is 36.8 Å². The fourth-order valence-corrected chi connectivity index (χ4v) is 8.72. The Bertz CT molecular complexity index is 1140. The lowest BCUT2D eigenvalue weighted by Crippen LogP contribution is -2.60. The second-order valence-corrected chi connectivity index (χ2v) is 19.3. The van der Waals surface area contributed by atoms with Crippen molar-refractivity contribution >= 4 is 22.1 Å². The summed E-state index contributed by atoms with van der Waals surface area (Å²) < 4.78 is 54.2. The molecule has 0 aromatic carbocycles. The topological polar surface area (TPSA) is 186 Å². The molecule has 6 atom stereocenters. The summed E-state index contributed by atoms with van der Waals surface area (Å²) in [5.74, 6) is -1.96. The molecule has 13 heteroatoms. The maximum absolute atomic E-state index is 12.9. The van der Waals surface area contributed by atoms with E-state index in [0.29, 0.717) is 12.8 Å². The van der Waals surface area contributed by atoms with Crippen LogP contribution in [0.5, 0.6) is 0 Å². The number of unbranched alkanes of at least 4 members (excludes halogenated alkanes) is 31. The Morgan fingerprint density at radius 3 is 1.20 bits per heavy atom. The first-order valence-electron chi connectivity index (χ1n) is 25.1. The van der Waals surface area contributed by atoms with Crippen molar-refractivity contribution in [1.82, 2.24) is 0 Å². The normalized spacial score (nSPS) is 19.9. The third kappa shape index (κ3) is 33.8. The van der Waals surface area contributed by atoms with Crippen molar-refractivity contribution < 1.29 is 56.8 Å². The fourth-order valence-electron chi connectivity index (χ4n) is 8.03. The predicted molar refractivity (Wildman–Crippen MR) is 243 cm³/mol. The molecule has 61 heavy (non-hydrogen) atoms. The quantitative estimate of drug-likeness (QED) is 0.0258. The molecule has 0 aliphatic carbocycles. The smallest absolute Gasteiger partial charge is 0.306 e. The average molecular weight is 893 g/mol. The second-order valence-electron chi connectivity index (χ2n) is 17.9. The van der Waals surface area contributed by atoms with Gasteiger partial charge in [-0.2, -0.15) is 8.42 Å². The Balaban J connectivity index is 2.37. The fraction of sp³-hybridized carbons (Fsp3) is 0.958. The minimum Gasteiger partial charge on any atom is -0.462 e. The van der Waals surface area contributed by atoms with E-state index in [1.165, 1.54) is 161 Å². The molecule has 0 bridgehead atoms. The molecule has 362 valence electrons. The third-order valence-electron chi connectivity index (χ3n) is 11.9. The Kier molecular flexibility index (Phi) is 36.9.